The first-order chi connectivity index (χ1) is 9.41. The van der Waals surface area contributed by atoms with Crippen molar-refractivity contribution in [3.63, 3.8) is 0 Å². The van der Waals surface area contributed by atoms with Gasteiger partial charge < -0.3 is 9.67 Å². The van der Waals surface area contributed by atoms with Gasteiger partial charge in [0.25, 0.3) is 0 Å². The van der Waals surface area contributed by atoms with Crippen LogP contribution in [0.15, 0.2) is 29.2 Å². The zero-order chi connectivity index (χ0) is 14.8. The first-order valence-electron chi connectivity index (χ1n) is 5.78. The van der Waals surface area contributed by atoms with Gasteiger partial charge in [0.05, 0.1) is 4.90 Å². The number of hydrogen-bond acceptors (Lipinski definition) is 5. The van der Waals surface area contributed by atoms with Crippen LogP contribution in [0.2, 0.25) is 0 Å². The molecule has 2 rings (SSSR count). The molecule has 108 valence electrons. The summed E-state index contributed by atoms with van der Waals surface area (Å²) in [5, 5.41) is 20.7. The fourth-order valence-electron chi connectivity index (χ4n) is 1.79. The van der Waals surface area contributed by atoms with E-state index in [0.717, 1.165) is 5.56 Å². The number of aliphatic hydroxyl groups excluding tert-OH is 1. The normalized spacial score (nSPS) is 11.7. The second-order valence-corrected chi connectivity index (χ2v) is 6.14. The molecule has 0 bridgehead atoms. The molecular weight excluding hydrogens is 300 g/mol. The Bertz CT molecular complexity index is 747. The van der Waals surface area contributed by atoms with Gasteiger partial charge in [0.1, 0.15) is 6.61 Å². The number of aliphatic hydroxyl groups is 1. The molecule has 9 heteroatoms. The van der Waals surface area contributed by atoms with Crippen molar-refractivity contribution in [1.29, 1.82) is 0 Å². The van der Waals surface area contributed by atoms with Crippen LogP contribution in [0, 0.1) is 4.77 Å². The van der Waals surface area contributed by atoms with E-state index in [4.69, 9.17) is 22.5 Å². The fraction of sp³-hybridized carbons (Fsp3) is 0.273. The van der Waals surface area contributed by atoms with E-state index in [9.17, 15) is 8.42 Å². The molecule has 0 aliphatic rings. The summed E-state index contributed by atoms with van der Waals surface area (Å²) in [4.78, 5) is 0.0808. The van der Waals surface area contributed by atoms with Crippen LogP contribution >= 0.6 is 12.2 Å². The van der Waals surface area contributed by atoms with E-state index in [1.807, 2.05) is 0 Å². The third kappa shape index (κ3) is 3.31. The number of hydrogen-bond donors (Lipinski definition) is 3. The minimum absolute atomic E-state index is 0.0808. The quantitative estimate of drug-likeness (QED) is 0.688. The van der Waals surface area contributed by atoms with E-state index in [0.29, 0.717) is 23.6 Å². The summed E-state index contributed by atoms with van der Waals surface area (Å²) in [6.07, 6.45) is 0.631. The highest BCUT2D eigenvalue weighted by Crippen LogP contribution is 2.10. The van der Waals surface area contributed by atoms with Crippen molar-refractivity contribution >= 4 is 22.2 Å². The lowest BCUT2D eigenvalue weighted by atomic mass is 10.1. The lowest BCUT2D eigenvalue weighted by Crippen LogP contribution is -2.12. The fourth-order valence-corrected chi connectivity index (χ4v) is 2.55. The number of aromatic amines is 1. The van der Waals surface area contributed by atoms with Crippen LogP contribution in [0.4, 0.5) is 0 Å². The van der Waals surface area contributed by atoms with E-state index < -0.39 is 10.0 Å². The molecule has 0 amide bonds. The molecule has 1 heterocycles. The number of primary sulfonamides is 1. The summed E-state index contributed by atoms with van der Waals surface area (Å²) in [5.74, 6) is 0.469. The molecule has 1 aromatic heterocycles. The number of H-pyrrole nitrogens is 1. The van der Waals surface area contributed by atoms with Gasteiger partial charge in [0.15, 0.2) is 10.6 Å². The minimum atomic E-state index is -3.67. The van der Waals surface area contributed by atoms with Gasteiger partial charge in [0.2, 0.25) is 10.0 Å². The summed E-state index contributed by atoms with van der Waals surface area (Å²) < 4.78 is 24.4. The molecule has 0 fully saturated rings. The molecule has 0 aliphatic carbocycles. The van der Waals surface area contributed by atoms with E-state index >= 15 is 0 Å². The Morgan fingerprint density at radius 2 is 2.00 bits per heavy atom. The van der Waals surface area contributed by atoms with Crippen molar-refractivity contribution in [2.45, 2.75) is 24.5 Å². The Hall–Kier alpha value is -1.55. The average Bonchev–Trinajstić information content (AvgIpc) is 2.76. The van der Waals surface area contributed by atoms with E-state index in [2.05, 4.69) is 10.2 Å². The molecular formula is C11H14N4O3S2. The average molecular weight is 314 g/mol. The highest BCUT2D eigenvalue weighted by Gasteiger charge is 2.08. The van der Waals surface area contributed by atoms with E-state index in [-0.39, 0.29) is 11.5 Å². The van der Waals surface area contributed by atoms with Crippen LogP contribution in [0.25, 0.3) is 0 Å². The second-order valence-electron chi connectivity index (χ2n) is 4.19. The maximum absolute atomic E-state index is 11.1. The Morgan fingerprint density at radius 3 is 2.55 bits per heavy atom. The molecule has 0 unspecified atom stereocenters. The molecule has 2 aromatic rings. The molecule has 0 atom stereocenters. The van der Waals surface area contributed by atoms with E-state index in [1.165, 1.54) is 12.1 Å². The van der Waals surface area contributed by atoms with Crippen molar-refractivity contribution in [1.82, 2.24) is 14.8 Å². The third-order valence-corrected chi connectivity index (χ3v) is 4.10. The molecule has 1 aromatic carbocycles. The smallest absolute Gasteiger partial charge is 0.238 e. The molecule has 7 nitrogen and oxygen atoms in total. The molecule has 0 spiro atoms. The van der Waals surface area contributed by atoms with Gasteiger partial charge >= 0.3 is 0 Å². The van der Waals surface area contributed by atoms with Crippen molar-refractivity contribution in [3.8, 4) is 0 Å². The van der Waals surface area contributed by atoms with Crippen molar-refractivity contribution in [2.24, 2.45) is 5.14 Å². The lowest BCUT2D eigenvalue weighted by Gasteiger charge is -2.06. The van der Waals surface area contributed by atoms with Crippen molar-refractivity contribution in [3.05, 3.63) is 40.4 Å². The summed E-state index contributed by atoms with van der Waals surface area (Å²) in [7, 11) is -3.67. The Kier molecular flexibility index (Phi) is 4.33. The number of rotatable bonds is 5. The second kappa shape index (κ2) is 5.83. The lowest BCUT2D eigenvalue weighted by molar-refractivity contribution is 0.264. The topological polar surface area (TPSA) is 114 Å². The number of aromatic nitrogens is 3. The Morgan fingerprint density at radius 1 is 1.35 bits per heavy atom. The zero-order valence-electron chi connectivity index (χ0n) is 10.5. The number of nitrogens with two attached hydrogens (primary N) is 1. The van der Waals surface area contributed by atoms with E-state index in [1.54, 1.807) is 16.7 Å². The summed E-state index contributed by atoms with van der Waals surface area (Å²) in [6.45, 7) is 0.345. The van der Waals surface area contributed by atoms with Gasteiger partial charge in [-0.25, -0.2) is 13.6 Å². The molecule has 4 N–H and O–H groups in total. The first kappa shape index (κ1) is 14.9. The highest BCUT2D eigenvalue weighted by molar-refractivity contribution is 7.89. The summed E-state index contributed by atoms with van der Waals surface area (Å²) in [6, 6.07) is 6.32. The Balaban J connectivity index is 2.12. The van der Waals surface area contributed by atoms with Crippen LogP contribution in [0.1, 0.15) is 11.4 Å². The largest absolute Gasteiger partial charge is 0.388 e. The predicted molar refractivity (Wildman–Crippen MR) is 74.9 cm³/mol. The van der Waals surface area contributed by atoms with Gasteiger partial charge in [-0.05, 0) is 36.3 Å². The predicted octanol–water partition coefficient (Wildman–Crippen LogP) is 0.323. The highest BCUT2D eigenvalue weighted by atomic mass is 32.2. The first-order valence-corrected chi connectivity index (χ1v) is 7.74. The number of benzene rings is 1. The van der Waals surface area contributed by atoms with Gasteiger partial charge in [-0.15, -0.1) is 0 Å². The monoisotopic (exact) mass is 314 g/mol. The molecule has 0 radical (unpaired) electrons. The van der Waals surface area contributed by atoms with Crippen molar-refractivity contribution < 1.29 is 13.5 Å². The van der Waals surface area contributed by atoms with Crippen LogP contribution in [-0.4, -0.2) is 28.3 Å². The van der Waals surface area contributed by atoms with Gasteiger partial charge in [0, 0.05) is 6.54 Å². The van der Waals surface area contributed by atoms with Crippen LogP contribution < -0.4 is 5.14 Å². The SMILES string of the molecule is NS(=O)(=O)c1ccc(CCn2c(CO)n[nH]c2=S)cc1. The maximum atomic E-state index is 11.1. The third-order valence-electron chi connectivity index (χ3n) is 2.85. The summed E-state index contributed by atoms with van der Waals surface area (Å²) >= 11 is 5.06. The van der Waals surface area contributed by atoms with Gasteiger partial charge in [-0.3, -0.25) is 5.10 Å². The van der Waals surface area contributed by atoms with Crippen LogP contribution in [-0.2, 0) is 29.6 Å². The number of nitrogens with one attached hydrogen (secondary N) is 1. The molecule has 0 aliphatic heterocycles. The maximum Gasteiger partial charge on any atom is 0.238 e. The van der Waals surface area contributed by atoms with Crippen molar-refractivity contribution in [2.75, 3.05) is 0 Å². The van der Waals surface area contributed by atoms with Crippen LogP contribution in [0.3, 0.4) is 0 Å². The van der Waals surface area contributed by atoms with Gasteiger partial charge in [-0.2, -0.15) is 5.10 Å². The molecule has 0 saturated heterocycles. The molecule has 20 heavy (non-hydrogen) atoms. The minimum Gasteiger partial charge on any atom is -0.388 e. The standard InChI is InChI=1S/C11H14N4O3S2/c12-20(17,18)9-3-1-8(2-4-9)5-6-15-10(7-16)13-14-11(15)19/h1-4,16H,5-7H2,(H,14,19)(H2,12,17,18). The summed E-state index contributed by atoms with van der Waals surface area (Å²) in [5.41, 5.74) is 0.935. The zero-order valence-corrected chi connectivity index (χ0v) is 12.1. The molecule has 0 saturated carbocycles. The van der Waals surface area contributed by atoms with Gasteiger partial charge in [-0.1, -0.05) is 12.1 Å². The van der Waals surface area contributed by atoms with Crippen LogP contribution in [0.5, 0.6) is 0 Å². The number of sulfonamides is 1. The Labute approximate surface area is 121 Å². The number of nitrogens with zero attached hydrogens (tertiary/aromatic N) is 2. The number of aryl methyl sites for hydroxylation is 1.